The molecule has 1 aromatic rings. The number of halogens is 2. The van der Waals surface area contributed by atoms with Gasteiger partial charge in [-0.05, 0) is 43.7 Å². The summed E-state index contributed by atoms with van der Waals surface area (Å²) < 4.78 is 13.6. The molecule has 1 amide bonds. The van der Waals surface area contributed by atoms with Gasteiger partial charge in [0.05, 0.1) is 6.42 Å². The van der Waals surface area contributed by atoms with E-state index >= 15 is 0 Å². The molecular formula is C15H19ClFNO. The Labute approximate surface area is 118 Å². The molecular weight excluding hydrogens is 265 g/mol. The second kappa shape index (κ2) is 6.38. The Morgan fingerprint density at radius 1 is 1.37 bits per heavy atom. The van der Waals surface area contributed by atoms with E-state index in [1.807, 2.05) is 0 Å². The second-order valence-electron chi connectivity index (χ2n) is 5.40. The first-order valence-corrected chi connectivity index (χ1v) is 7.16. The number of rotatable bonds is 3. The lowest BCUT2D eigenvalue weighted by molar-refractivity contribution is -0.121. The van der Waals surface area contributed by atoms with Gasteiger partial charge >= 0.3 is 0 Å². The van der Waals surface area contributed by atoms with Crippen LogP contribution in [0.1, 0.15) is 38.2 Å². The monoisotopic (exact) mass is 283 g/mol. The Bertz CT molecular complexity index is 435. The summed E-state index contributed by atoms with van der Waals surface area (Å²) in [5, 5.41) is 3.29. The van der Waals surface area contributed by atoms with Gasteiger partial charge in [0.25, 0.3) is 0 Å². The molecule has 1 aliphatic carbocycles. The van der Waals surface area contributed by atoms with Crippen LogP contribution in [0.15, 0.2) is 18.2 Å². The first-order valence-electron chi connectivity index (χ1n) is 6.78. The predicted octanol–water partition coefficient (Wildman–Crippen LogP) is 3.72. The summed E-state index contributed by atoms with van der Waals surface area (Å²) in [7, 11) is 0. The molecule has 4 heteroatoms. The highest BCUT2D eigenvalue weighted by atomic mass is 35.5. The fraction of sp³-hybridized carbons (Fsp3) is 0.533. The highest BCUT2D eigenvalue weighted by Gasteiger charge is 2.20. The minimum absolute atomic E-state index is 0.0115. The van der Waals surface area contributed by atoms with Crippen LogP contribution in [0.3, 0.4) is 0 Å². The van der Waals surface area contributed by atoms with Crippen molar-refractivity contribution < 1.29 is 9.18 Å². The van der Waals surface area contributed by atoms with Crippen molar-refractivity contribution >= 4 is 17.5 Å². The Kier molecular flexibility index (Phi) is 4.81. The van der Waals surface area contributed by atoms with Gasteiger partial charge in [0.1, 0.15) is 5.82 Å². The maximum absolute atomic E-state index is 13.6. The van der Waals surface area contributed by atoms with Gasteiger partial charge in [0, 0.05) is 16.6 Å². The number of amides is 1. The molecule has 0 saturated heterocycles. The Balaban J connectivity index is 1.91. The van der Waals surface area contributed by atoms with Crippen LogP contribution in [0, 0.1) is 11.7 Å². The van der Waals surface area contributed by atoms with Crippen molar-refractivity contribution in [3.63, 3.8) is 0 Å². The van der Waals surface area contributed by atoms with Gasteiger partial charge in [-0.1, -0.05) is 24.6 Å². The van der Waals surface area contributed by atoms with Gasteiger partial charge in [0.15, 0.2) is 0 Å². The van der Waals surface area contributed by atoms with E-state index < -0.39 is 5.82 Å². The molecule has 1 aliphatic rings. The van der Waals surface area contributed by atoms with Crippen LogP contribution in [0.4, 0.5) is 4.39 Å². The molecule has 19 heavy (non-hydrogen) atoms. The van der Waals surface area contributed by atoms with Crippen LogP contribution >= 0.6 is 11.6 Å². The summed E-state index contributed by atoms with van der Waals surface area (Å²) in [6.07, 6.45) is 4.32. The van der Waals surface area contributed by atoms with E-state index in [0.29, 0.717) is 5.02 Å². The Morgan fingerprint density at radius 2 is 2.05 bits per heavy atom. The van der Waals surface area contributed by atoms with E-state index in [9.17, 15) is 9.18 Å². The number of hydrogen-bond acceptors (Lipinski definition) is 1. The van der Waals surface area contributed by atoms with Gasteiger partial charge in [-0.3, -0.25) is 4.79 Å². The molecule has 0 aromatic heterocycles. The molecule has 1 aromatic carbocycles. The van der Waals surface area contributed by atoms with Crippen LogP contribution in [-0.4, -0.2) is 11.9 Å². The van der Waals surface area contributed by atoms with Crippen LogP contribution < -0.4 is 5.32 Å². The summed E-state index contributed by atoms with van der Waals surface area (Å²) >= 11 is 5.92. The summed E-state index contributed by atoms with van der Waals surface area (Å²) in [5.41, 5.74) is 0.283. The first kappa shape index (κ1) is 14.3. The van der Waals surface area contributed by atoms with Crippen LogP contribution in [0.5, 0.6) is 0 Å². The van der Waals surface area contributed by atoms with Gasteiger partial charge in [-0.2, -0.15) is 0 Å². The normalized spacial score (nSPS) is 23.1. The van der Waals surface area contributed by atoms with Crippen molar-refractivity contribution in [1.82, 2.24) is 5.32 Å². The summed E-state index contributed by atoms with van der Waals surface area (Å²) in [4.78, 5) is 11.9. The van der Waals surface area contributed by atoms with Crippen LogP contribution in [0.2, 0.25) is 5.02 Å². The third-order valence-electron chi connectivity index (χ3n) is 3.78. The fourth-order valence-corrected chi connectivity index (χ4v) is 2.77. The zero-order chi connectivity index (χ0) is 13.8. The molecule has 0 bridgehead atoms. The minimum Gasteiger partial charge on any atom is -0.353 e. The second-order valence-corrected chi connectivity index (χ2v) is 5.81. The fourth-order valence-electron chi connectivity index (χ4n) is 2.54. The highest BCUT2D eigenvalue weighted by Crippen LogP contribution is 2.24. The molecule has 0 radical (unpaired) electrons. The van der Waals surface area contributed by atoms with Crippen molar-refractivity contribution in [3.05, 3.63) is 34.6 Å². The SMILES string of the molecule is CC1CCC(NC(=O)Cc2c(F)cccc2Cl)CC1. The average molecular weight is 284 g/mol. The van der Waals surface area contributed by atoms with Gasteiger partial charge in [-0.25, -0.2) is 4.39 Å². The smallest absolute Gasteiger partial charge is 0.224 e. The Hall–Kier alpha value is -1.09. The largest absolute Gasteiger partial charge is 0.353 e. The quantitative estimate of drug-likeness (QED) is 0.900. The molecule has 0 spiro atoms. The van der Waals surface area contributed by atoms with Gasteiger partial charge in [0.2, 0.25) is 5.91 Å². The van der Waals surface area contributed by atoms with E-state index in [-0.39, 0.29) is 23.9 Å². The standard InChI is InChI=1S/C15H19ClFNO/c1-10-5-7-11(8-6-10)18-15(19)9-12-13(16)3-2-4-14(12)17/h2-4,10-11H,5-9H2,1H3,(H,18,19). The maximum atomic E-state index is 13.6. The number of benzene rings is 1. The average Bonchev–Trinajstić information content (AvgIpc) is 2.37. The number of carbonyl (C=O) groups is 1. The third kappa shape index (κ3) is 3.93. The minimum atomic E-state index is -0.417. The predicted molar refractivity (Wildman–Crippen MR) is 74.7 cm³/mol. The number of hydrogen-bond donors (Lipinski definition) is 1. The van der Waals surface area contributed by atoms with Crippen molar-refractivity contribution in [1.29, 1.82) is 0 Å². The van der Waals surface area contributed by atoms with E-state index in [1.54, 1.807) is 12.1 Å². The zero-order valence-electron chi connectivity index (χ0n) is 11.1. The molecule has 104 valence electrons. The van der Waals surface area contributed by atoms with E-state index in [1.165, 1.54) is 6.07 Å². The van der Waals surface area contributed by atoms with Crippen LogP contribution in [-0.2, 0) is 11.2 Å². The molecule has 1 fully saturated rings. The van der Waals surface area contributed by atoms with Crippen molar-refractivity contribution in [2.24, 2.45) is 5.92 Å². The number of carbonyl (C=O) groups excluding carboxylic acids is 1. The topological polar surface area (TPSA) is 29.1 Å². The molecule has 1 saturated carbocycles. The number of nitrogens with one attached hydrogen (secondary N) is 1. The molecule has 0 unspecified atom stereocenters. The zero-order valence-corrected chi connectivity index (χ0v) is 11.8. The summed E-state index contributed by atoms with van der Waals surface area (Å²) in [6, 6.07) is 4.71. The van der Waals surface area contributed by atoms with Crippen molar-refractivity contribution in [2.75, 3.05) is 0 Å². The van der Waals surface area contributed by atoms with E-state index in [0.717, 1.165) is 31.6 Å². The highest BCUT2D eigenvalue weighted by molar-refractivity contribution is 6.31. The lowest BCUT2D eigenvalue weighted by atomic mass is 9.87. The lowest BCUT2D eigenvalue weighted by Gasteiger charge is -2.27. The molecule has 0 atom stereocenters. The van der Waals surface area contributed by atoms with Crippen LogP contribution in [0.25, 0.3) is 0 Å². The molecule has 2 nitrogen and oxygen atoms in total. The molecule has 0 heterocycles. The Morgan fingerprint density at radius 3 is 2.68 bits per heavy atom. The molecule has 1 N–H and O–H groups in total. The molecule has 0 aliphatic heterocycles. The first-order chi connectivity index (χ1) is 9.06. The van der Waals surface area contributed by atoms with Gasteiger partial charge < -0.3 is 5.32 Å². The van der Waals surface area contributed by atoms with E-state index in [2.05, 4.69) is 12.2 Å². The van der Waals surface area contributed by atoms with Crippen molar-refractivity contribution in [3.8, 4) is 0 Å². The van der Waals surface area contributed by atoms with E-state index in [4.69, 9.17) is 11.6 Å². The lowest BCUT2D eigenvalue weighted by Crippen LogP contribution is -2.38. The summed E-state index contributed by atoms with van der Waals surface area (Å²) in [6.45, 7) is 2.23. The van der Waals surface area contributed by atoms with Gasteiger partial charge in [-0.15, -0.1) is 0 Å². The maximum Gasteiger partial charge on any atom is 0.224 e. The van der Waals surface area contributed by atoms with Crippen molar-refractivity contribution in [2.45, 2.75) is 45.1 Å². The summed E-state index contributed by atoms with van der Waals surface area (Å²) in [5.74, 6) is 0.181. The molecule has 2 rings (SSSR count). The third-order valence-corrected chi connectivity index (χ3v) is 4.13.